The number of benzene rings is 2. The quantitative estimate of drug-likeness (QED) is 0.684. The third-order valence-corrected chi connectivity index (χ3v) is 7.95. The van der Waals surface area contributed by atoms with Gasteiger partial charge in [0, 0.05) is 18.8 Å². The normalized spacial score (nSPS) is 19.8. The fraction of sp³-hybridized carbons (Fsp3) is 0.458. The maximum Gasteiger partial charge on any atom is 0.262 e. The first-order valence-corrected chi connectivity index (χ1v) is 12.3. The number of carbonyl (C=O) groups is 1. The summed E-state index contributed by atoms with van der Waals surface area (Å²) < 4.78 is 34.2. The molecule has 0 unspecified atom stereocenters. The van der Waals surface area contributed by atoms with Crippen LogP contribution in [0.5, 0.6) is 0 Å². The number of anilines is 1. The average Bonchev–Trinajstić information content (AvgIpc) is 3.33. The Hall–Kier alpha value is -2.38. The van der Waals surface area contributed by atoms with Crippen LogP contribution in [0.4, 0.5) is 5.69 Å². The molecule has 166 valence electrons. The highest BCUT2D eigenvalue weighted by Gasteiger charge is 2.51. The van der Waals surface area contributed by atoms with E-state index in [0.29, 0.717) is 17.1 Å². The molecule has 0 bridgehead atoms. The van der Waals surface area contributed by atoms with Crippen LogP contribution in [0.3, 0.4) is 0 Å². The number of hydrogen-bond donors (Lipinski definition) is 2. The molecule has 1 aliphatic heterocycles. The highest BCUT2D eigenvalue weighted by atomic mass is 32.2. The summed E-state index contributed by atoms with van der Waals surface area (Å²) in [6.07, 6.45) is 3.76. The topological polar surface area (TPSA) is 84.5 Å². The van der Waals surface area contributed by atoms with Crippen LogP contribution in [0.25, 0.3) is 0 Å². The Morgan fingerprint density at radius 2 is 1.74 bits per heavy atom. The maximum absolute atomic E-state index is 13.0. The zero-order valence-electron chi connectivity index (χ0n) is 18.3. The van der Waals surface area contributed by atoms with Gasteiger partial charge in [-0.2, -0.15) is 0 Å². The summed E-state index contributed by atoms with van der Waals surface area (Å²) in [5, 5.41) is 3.04. The lowest BCUT2D eigenvalue weighted by Crippen LogP contribution is -2.39. The lowest BCUT2D eigenvalue weighted by Gasteiger charge is -2.18. The number of ether oxygens (including phenoxy) is 1. The first kappa shape index (κ1) is 21.8. The van der Waals surface area contributed by atoms with Crippen molar-refractivity contribution in [1.29, 1.82) is 0 Å². The van der Waals surface area contributed by atoms with E-state index >= 15 is 0 Å². The first-order valence-electron chi connectivity index (χ1n) is 10.8. The Labute approximate surface area is 184 Å². The van der Waals surface area contributed by atoms with E-state index in [1.807, 2.05) is 45.0 Å². The summed E-state index contributed by atoms with van der Waals surface area (Å²) in [6, 6.07) is 10.9. The van der Waals surface area contributed by atoms with Gasteiger partial charge in [-0.1, -0.05) is 29.8 Å². The molecule has 1 heterocycles. The summed E-state index contributed by atoms with van der Waals surface area (Å²) in [6.45, 7) is 6.89. The summed E-state index contributed by atoms with van der Waals surface area (Å²) >= 11 is 0. The van der Waals surface area contributed by atoms with Crippen LogP contribution in [0.1, 0.15) is 47.9 Å². The largest absolute Gasteiger partial charge is 0.376 e. The SMILES string of the molecule is Cc1cc(C)c(S(=O)(=O)Nc2ccc(C3(C(=O)NC[C@H]4CCCO4)CC3)cc2)c(C)c1. The van der Waals surface area contributed by atoms with E-state index in [-0.39, 0.29) is 12.0 Å². The first-order chi connectivity index (χ1) is 14.7. The van der Waals surface area contributed by atoms with E-state index in [1.165, 1.54) is 0 Å². The molecular formula is C24H30N2O4S. The van der Waals surface area contributed by atoms with Gasteiger partial charge >= 0.3 is 0 Å². The molecule has 2 aromatic rings. The number of sulfonamides is 1. The molecule has 2 aromatic carbocycles. The highest BCUT2D eigenvalue weighted by molar-refractivity contribution is 7.92. The van der Waals surface area contributed by atoms with Crippen LogP contribution in [-0.2, 0) is 25.0 Å². The van der Waals surface area contributed by atoms with Crippen LogP contribution in [-0.4, -0.2) is 33.6 Å². The van der Waals surface area contributed by atoms with Crippen LogP contribution < -0.4 is 10.0 Å². The van der Waals surface area contributed by atoms with Crippen LogP contribution in [0, 0.1) is 20.8 Å². The number of rotatable bonds is 7. The van der Waals surface area contributed by atoms with Gasteiger partial charge in [0.05, 0.1) is 16.4 Å². The molecule has 1 atom stereocenters. The molecule has 0 radical (unpaired) electrons. The van der Waals surface area contributed by atoms with Crippen molar-refractivity contribution in [2.75, 3.05) is 17.9 Å². The molecule has 1 amide bonds. The van der Waals surface area contributed by atoms with Crippen molar-refractivity contribution in [2.45, 2.75) is 62.9 Å². The van der Waals surface area contributed by atoms with Gasteiger partial charge in [-0.15, -0.1) is 0 Å². The van der Waals surface area contributed by atoms with E-state index in [1.54, 1.807) is 12.1 Å². The van der Waals surface area contributed by atoms with Crippen molar-refractivity contribution in [3.05, 3.63) is 58.7 Å². The van der Waals surface area contributed by atoms with Gasteiger partial charge in [0.25, 0.3) is 10.0 Å². The lowest BCUT2D eigenvalue weighted by atomic mass is 9.94. The smallest absolute Gasteiger partial charge is 0.262 e. The highest BCUT2D eigenvalue weighted by Crippen LogP contribution is 2.48. The van der Waals surface area contributed by atoms with Crippen molar-refractivity contribution in [3.8, 4) is 0 Å². The van der Waals surface area contributed by atoms with Gasteiger partial charge in [-0.3, -0.25) is 9.52 Å². The van der Waals surface area contributed by atoms with Gasteiger partial charge in [0.2, 0.25) is 5.91 Å². The van der Waals surface area contributed by atoms with E-state index in [2.05, 4.69) is 10.0 Å². The number of amides is 1. The van der Waals surface area contributed by atoms with Crippen molar-refractivity contribution in [3.63, 3.8) is 0 Å². The molecule has 31 heavy (non-hydrogen) atoms. The fourth-order valence-electron chi connectivity index (χ4n) is 4.61. The van der Waals surface area contributed by atoms with Crippen molar-refractivity contribution in [2.24, 2.45) is 0 Å². The molecule has 6 nitrogen and oxygen atoms in total. The fourth-order valence-corrected chi connectivity index (χ4v) is 6.12. The van der Waals surface area contributed by atoms with Crippen LogP contribution in [0.2, 0.25) is 0 Å². The average molecular weight is 443 g/mol. The van der Waals surface area contributed by atoms with E-state index in [4.69, 9.17) is 4.74 Å². The van der Waals surface area contributed by atoms with Gasteiger partial charge in [0.15, 0.2) is 0 Å². The van der Waals surface area contributed by atoms with Gasteiger partial charge in [-0.25, -0.2) is 8.42 Å². The molecule has 4 rings (SSSR count). The molecule has 2 aliphatic rings. The monoisotopic (exact) mass is 442 g/mol. The second-order valence-corrected chi connectivity index (χ2v) is 10.5. The molecule has 7 heteroatoms. The van der Waals surface area contributed by atoms with Gasteiger partial charge in [-0.05, 0) is 75.3 Å². The van der Waals surface area contributed by atoms with E-state index < -0.39 is 15.4 Å². The third-order valence-electron chi connectivity index (χ3n) is 6.26. The molecular weight excluding hydrogens is 412 g/mol. The second kappa shape index (κ2) is 8.28. The zero-order chi connectivity index (χ0) is 22.2. The molecule has 1 aliphatic carbocycles. The van der Waals surface area contributed by atoms with Crippen LogP contribution in [0.15, 0.2) is 41.3 Å². The molecule has 1 saturated carbocycles. The molecule has 0 spiro atoms. The summed E-state index contributed by atoms with van der Waals surface area (Å²) in [5.74, 6) is 0.0298. The minimum Gasteiger partial charge on any atom is -0.376 e. The lowest BCUT2D eigenvalue weighted by molar-refractivity contribution is -0.124. The maximum atomic E-state index is 13.0. The molecule has 1 saturated heterocycles. The number of nitrogens with one attached hydrogen (secondary N) is 2. The Morgan fingerprint density at radius 3 is 2.29 bits per heavy atom. The minimum absolute atomic E-state index is 0.0298. The zero-order valence-corrected chi connectivity index (χ0v) is 19.1. The number of hydrogen-bond acceptors (Lipinski definition) is 4. The number of carbonyl (C=O) groups excluding carboxylic acids is 1. The second-order valence-electron chi connectivity index (χ2n) is 8.84. The Morgan fingerprint density at radius 1 is 1.10 bits per heavy atom. The third kappa shape index (κ3) is 4.48. The Kier molecular flexibility index (Phi) is 5.83. The Balaban J connectivity index is 1.46. The van der Waals surface area contributed by atoms with Gasteiger partial charge in [0.1, 0.15) is 0 Å². The summed E-state index contributed by atoms with van der Waals surface area (Å²) in [7, 11) is -3.70. The predicted molar refractivity (Wildman–Crippen MR) is 121 cm³/mol. The summed E-state index contributed by atoms with van der Waals surface area (Å²) in [4.78, 5) is 13.1. The van der Waals surface area contributed by atoms with Crippen LogP contribution >= 0.6 is 0 Å². The van der Waals surface area contributed by atoms with Crippen molar-refractivity contribution in [1.82, 2.24) is 5.32 Å². The number of aryl methyl sites for hydroxylation is 3. The van der Waals surface area contributed by atoms with Crippen molar-refractivity contribution < 1.29 is 17.9 Å². The minimum atomic E-state index is -3.70. The molecule has 0 aromatic heterocycles. The van der Waals surface area contributed by atoms with Crippen molar-refractivity contribution >= 4 is 21.6 Å². The summed E-state index contributed by atoms with van der Waals surface area (Å²) in [5.41, 5.74) is 3.38. The Bertz CT molecular complexity index is 1060. The molecule has 2 N–H and O–H groups in total. The standard InChI is InChI=1S/C24H30N2O4S/c1-16-13-17(2)22(18(3)14-16)31(28,29)26-20-8-6-19(7-9-20)24(10-11-24)23(27)25-15-21-5-4-12-30-21/h6-9,13-14,21,26H,4-5,10-12,15H2,1-3H3,(H,25,27)/t21-/m1/s1. The van der Waals surface area contributed by atoms with E-state index in [9.17, 15) is 13.2 Å². The molecule has 2 fully saturated rings. The van der Waals surface area contributed by atoms with Gasteiger partial charge < -0.3 is 10.1 Å². The predicted octanol–water partition coefficient (Wildman–Crippen LogP) is 3.74. The van der Waals surface area contributed by atoms with E-state index in [0.717, 1.165) is 54.5 Å².